The first-order chi connectivity index (χ1) is 25.2. The third-order valence-electron chi connectivity index (χ3n) is 11.8. The molecular formula is C43H35N3O6. The van der Waals surface area contributed by atoms with Crippen LogP contribution in [0.15, 0.2) is 126 Å². The molecule has 0 bridgehead atoms. The zero-order chi connectivity index (χ0) is 35.9. The molecule has 258 valence electrons. The third kappa shape index (κ3) is 4.44. The van der Waals surface area contributed by atoms with Gasteiger partial charge >= 0.3 is 0 Å². The Morgan fingerprint density at radius 2 is 1.58 bits per heavy atom. The Bertz CT molecular complexity index is 2330. The van der Waals surface area contributed by atoms with Crippen LogP contribution in [-0.2, 0) is 25.6 Å². The van der Waals surface area contributed by atoms with Crippen molar-refractivity contribution in [3.05, 3.63) is 132 Å². The number of phenols is 1. The second-order valence-corrected chi connectivity index (χ2v) is 14.4. The van der Waals surface area contributed by atoms with Crippen LogP contribution in [0, 0.1) is 29.1 Å². The Labute approximate surface area is 299 Å². The van der Waals surface area contributed by atoms with Crippen molar-refractivity contribution in [2.24, 2.45) is 29.1 Å². The van der Waals surface area contributed by atoms with E-state index >= 15 is 0 Å². The predicted molar refractivity (Wildman–Crippen MR) is 195 cm³/mol. The van der Waals surface area contributed by atoms with Crippen LogP contribution in [0.4, 0.5) is 11.4 Å². The molecule has 2 aliphatic heterocycles. The lowest BCUT2D eigenvalue weighted by Gasteiger charge is -2.49. The Kier molecular flexibility index (Phi) is 7.19. The number of anilines is 2. The van der Waals surface area contributed by atoms with E-state index in [0.717, 1.165) is 11.1 Å². The molecule has 52 heavy (non-hydrogen) atoms. The Morgan fingerprint density at radius 3 is 2.33 bits per heavy atom. The van der Waals surface area contributed by atoms with Gasteiger partial charge in [0.05, 0.1) is 34.5 Å². The number of hydrogen-bond acceptors (Lipinski definition) is 7. The van der Waals surface area contributed by atoms with Gasteiger partial charge in [0, 0.05) is 17.0 Å². The molecule has 4 aliphatic rings. The molecule has 1 saturated carbocycles. The van der Waals surface area contributed by atoms with Crippen molar-refractivity contribution in [1.82, 2.24) is 4.98 Å². The minimum atomic E-state index is -1.25. The number of allylic oxidation sites excluding steroid dienone is 3. The molecule has 4 amide bonds. The van der Waals surface area contributed by atoms with Crippen molar-refractivity contribution in [1.29, 1.82) is 0 Å². The van der Waals surface area contributed by atoms with Crippen molar-refractivity contribution in [2.75, 3.05) is 9.80 Å². The number of nitrogens with zero attached hydrogens (tertiary/aromatic N) is 3. The van der Waals surface area contributed by atoms with Gasteiger partial charge < -0.3 is 9.52 Å². The van der Waals surface area contributed by atoms with Gasteiger partial charge in [-0.3, -0.25) is 24.1 Å². The number of aromatic hydroxyl groups is 1. The van der Waals surface area contributed by atoms with E-state index < -0.39 is 35.0 Å². The Balaban J connectivity index is 1.11. The van der Waals surface area contributed by atoms with E-state index in [2.05, 4.69) is 11.6 Å². The molecule has 6 unspecified atom stereocenters. The summed E-state index contributed by atoms with van der Waals surface area (Å²) in [6.07, 6.45) is 4.63. The molecule has 5 aromatic rings. The fourth-order valence-electron chi connectivity index (χ4n) is 9.35. The normalized spacial score (nSPS) is 26.7. The number of amides is 4. The molecule has 2 saturated heterocycles. The first-order valence-electron chi connectivity index (χ1n) is 17.6. The highest BCUT2D eigenvalue weighted by Gasteiger charge is 2.68. The van der Waals surface area contributed by atoms with Crippen LogP contribution in [0.1, 0.15) is 36.8 Å². The highest BCUT2D eigenvalue weighted by molar-refractivity contribution is 6.25. The van der Waals surface area contributed by atoms with E-state index in [0.29, 0.717) is 52.4 Å². The first kappa shape index (κ1) is 31.9. The molecule has 6 atom stereocenters. The topological polar surface area (TPSA) is 121 Å². The number of imide groups is 2. The summed E-state index contributed by atoms with van der Waals surface area (Å²) in [5.41, 5.74) is 3.77. The molecule has 1 N–H and O–H groups in total. The highest BCUT2D eigenvalue weighted by atomic mass is 16.3. The molecule has 1 aromatic heterocycles. The molecule has 3 heterocycles. The summed E-state index contributed by atoms with van der Waals surface area (Å²) in [6.45, 7) is 5.66. The standard InChI is InChI=1S/C43H35N3O6/c1-3-10-24-11-9-14-30(37(24)47)36-28-21-22-29-35(31(28)23-32-40(49)46(42(51)43(32,36)2)26-12-5-4-6-13-26)41(50)45(39(29)48)27-19-17-25(18-20-27)38-44-33-15-7-8-16-34(33)52-38/h3-9,11-21,29,31-32,35-36,47H,1,10,22-23H2,2H3. The molecule has 0 spiro atoms. The van der Waals surface area contributed by atoms with Crippen molar-refractivity contribution >= 4 is 46.1 Å². The van der Waals surface area contributed by atoms with Gasteiger partial charge in [0.15, 0.2) is 5.58 Å². The van der Waals surface area contributed by atoms with Gasteiger partial charge in [-0.25, -0.2) is 9.88 Å². The van der Waals surface area contributed by atoms with E-state index in [1.165, 1.54) is 9.80 Å². The minimum Gasteiger partial charge on any atom is -0.507 e. The number of benzene rings is 4. The van der Waals surface area contributed by atoms with Gasteiger partial charge in [-0.2, -0.15) is 0 Å². The SMILES string of the molecule is C=CCc1cccc(C2C3=CCC4C(=O)N(c5ccc(-c6nc7ccccc7o6)cc5)C(=O)C4C3CC3C(=O)N(c4ccccc4)C(=O)C32C)c1O. The summed E-state index contributed by atoms with van der Waals surface area (Å²) < 4.78 is 5.93. The van der Waals surface area contributed by atoms with Crippen molar-refractivity contribution in [2.45, 2.75) is 32.1 Å². The number of para-hydroxylation sites is 4. The van der Waals surface area contributed by atoms with E-state index in [1.54, 1.807) is 60.7 Å². The van der Waals surface area contributed by atoms with Gasteiger partial charge in [-0.15, -0.1) is 6.58 Å². The molecular weight excluding hydrogens is 654 g/mol. The number of fused-ring (bicyclic) bond motifs is 5. The molecule has 9 nitrogen and oxygen atoms in total. The van der Waals surface area contributed by atoms with Crippen molar-refractivity contribution in [3.63, 3.8) is 0 Å². The number of carbonyl (C=O) groups is 4. The molecule has 2 aliphatic carbocycles. The zero-order valence-corrected chi connectivity index (χ0v) is 28.4. The molecule has 9 heteroatoms. The smallest absolute Gasteiger partial charge is 0.241 e. The lowest BCUT2D eigenvalue weighted by atomic mass is 9.51. The third-order valence-corrected chi connectivity index (χ3v) is 11.8. The van der Waals surface area contributed by atoms with Crippen LogP contribution >= 0.6 is 0 Å². The fraction of sp³-hybridized carbons (Fsp3) is 0.233. The number of rotatable bonds is 6. The summed E-state index contributed by atoms with van der Waals surface area (Å²) in [5, 5.41) is 11.7. The lowest BCUT2D eigenvalue weighted by molar-refractivity contribution is -0.131. The number of oxazole rings is 1. The quantitative estimate of drug-likeness (QED) is 0.146. The number of phenolic OH excluding ortho intramolecular Hbond substituents is 1. The highest BCUT2D eigenvalue weighted by Crippen LogP contribution is 2.64. The van der Waals surface area contributed by atoms with Crippen LogP contribution in [-0.4, -0.2) is 33.7 Å². The molecule has 3 fully saturated rings. The maximum atomic E-state index is 14.7. The number of aromatic nitrogens is 1. The maximum Gasteiger partial charge on any atom is 0.241 e. The van der Waals surface area contributed by atoms with Crippen LogP contribution in [0.2, 0.25) is 0 Å². The minimum absolute atomic E-state index is 0.0453. The van der Waals surface area contributed by atoms with E-state index in [9.17, 15) is 24.3 Å². The zero-order valence-electron chi connectivity index (χ0n) is 28.4. The van der Waals surface area contributed by atoms with E-state index in [-0.39, 0.29) is 35.8 Å². The van der Waals surface area contributed by atoms with Gasteiger partial charge in [-0.05, 0) is 86.2 Å². The summed E-state index contributed by atoms with van der Waals surface area (Å²) in [5.74, 6) is -4.18. The summed E-state index contributed by atoms with van der Waals surface area (Å²) in [7, 11) is 0. The Hall–Kier alpha value is -6.09. The molecule has 0 radical (unpaired) electrons. The number of carbonyl (C=O) groups excluding carboxylic acids is 4. The summed E-state index contributed by atoms with van der Waals surface area (Å²) in [4.78, 5) is 64.9. The average molecular weight is 690 g/mol. The maximum absolute atomic E-state index is 14.7. The summed E-state index contributed by atoms with van der Waals surface area (Å²) >= 11 is 0. The fourth-order valence-corrected chi connectivity index (χ4v) is 9.35. The van der Waals surface area contributed by atoms with Crippen molar-refractivity contribution in [3.8, 4) is 17.2 Å². The van der Waals surface area contributed by atoms with Crippen LogP contribution < -0.4 is 9.80 Å². The van der Waals surface area contributed by atoms with Crippen LogP contribution in [0.5, 0.6) is 5.75 Å². The van der Waals surface area contributed by atoms with Crippen LogP contribution in [0.25, 0.3) is 22.6 Å². The van der Waals surface area contributed by atoms with Gasteiger partial charge in [-0.1, -0.05) is 66.3 Å². The van der Waals surface area contributed by atoms with Crippen molar-refractivity contribution < 1.29 is 28.7 Å². The van der Waals surface area contributed by atoms with Gasteiger partial charge in [0.2, 0.25) is 29.5 Å². The lowest BCUT2D eigenvalue weighted by Crippen LogP contribution is -2.49. The second-order valence-electron chi connectivity index (χ2n) is 14.4. The van der Waals surface area contributed by atoms with Crippen LogP contribution in [0.3, 0.4) is 0 Å². The molecule has 4 aromatic carbocycles. The average Bonchev–Trinajstić information content (AvgIpc) is 3.77. The second kappa shape index (κ2) is 11.7. The van der Waals surface area contributed by atoms with E-state index in [1.807, 2.05) is 55.5 Å². The predicted octanol–water partition coefficient (Wildman–Crippen LogP) is 7.36. The van der Waals surface area contributed by atoms with Gasteiger partial charge in [0.1, 0.15) is 11.3 Å². The Morgan fingerprint density at radius 1 is 0.846 bits per heavy atom. The largest absolute Gasteiger partial charge is 0.507 e. The molecule has 9 rings (SSSR count). The first-order valence-corrected chi connectivity index (χ1v) is 17.6. The monoisotopic (exact) mass is 689 g/mol. The summed E-state index contributed by atoms with van der Waals surface area (Å²) in [6, 6.07) is 28.8. The van der Waals surface area contributed by atoms with E-state index in [4.69, 9.17) is 4.42 Å². The van der Waals surface area contributed by atoms with Gasteiger partial charge in [0.25, 0.3) is 0 Å². The number of hydrogen-bond donors (Lipinski definition) is 1.